The van der Waals surface area contributed by atoms with Crippen molar-refractivity contribution in [2.45, 2.75) is 31.0 Å². The first kappa shape index (κ1) is 31.3. The van der Waals surface area contributed by atoms with E-state index in [1.54, 1.807) is 29.2 Å². The molecule has 1 amide bonds. The molecule has 1 aliphatic rings. The summed E-state index contributed by atoms with van der Waals surface area (Å²) >= 11 is 0. The lowest BCUT2D eigenvalue weighted by Crippen LogP contribution is -2.51. The van der Waals surface area contributed by atoms with Gasteiger partial charge in [0.15, 0.2) is 0 Å². The van der Waals surface area contributed by atoms with E-state index in [1.807, 2.05) is 36.9 Å². The summed E-state index contributed by atoms with van der Waals surface area (Å²) in [4.78, 5) is 15.9. The number of hydrogen-bond acceptors (Lipinski definition) is 6. The monoisotopic (exact) mass is 605 g/mol. The maximum atomic E-state index is 13.2. The van der Waals surface area contributed by atoms with Crippen LogP contribution in [0.15, 0.2) is 83.8 Å². The van der Waals surface area contributed by atoms with Crippen LogP contribution in [0.5, 0.6) is 11.5 Å². The molecule has 0 saturated carbocycles. The number of nitrogens with zero attached hydrogens (tertiary/aromatic N) is 2. The number of piperazine rings is 1. The maximum absolute atomic E-state index is 13.2. The molecule has 42 heavy (non-hydrogen) atoms. The van der Waals surface area contributed by atoms with Crippen LogP contribution in [0.25, 0.3) is 0 Å². The second kappa shape index (κ2) is 13.6. The van der Waals surface area contributed by atoms with Gasteiger partial charge < -0.3 is 14.4 Å². The molecule has 3 aromatic carbocycles. The number of rotatable bonds is 10. The summed E-state index contributed by atoms with van der Waals surface area (Å²) in [7, 11) is -3.96. The number of carbonyl (C=O) groups is 1. The van der Waals surface area contributed by atoms with E-state index in [-0.39, 0.29) is 17.4 Å². The molecule has 0 spiro atoms. The molecule has 8 nitrogen and oxygen atoms in total. The van der Waals surface area contributed by atoms with Gasteiger partial charge in [-0.3, -0.25) is 4.90 Å². The van der Waals surface area contributed by atoms with E-state index in [9.17, 15) is 26.4 Å². The van der Waals surface area contributed by atoms with Crippen molar-refractivity contribution in [3.8, 4) is 11.5 Å². The highest BCUT2D eigenvalue weighted by atomic mass is 32.2. The highest BCUT2D eigenvalue weighted by molar-refractivity contribution is 7.89. The minimum absolute atomic E-state index is 0.0202. The van der Waals surface area contributed by atoms with Crippen LogP contribution in [0.4, 0.5) is 18.0 Å². The lowest BCUT2D eigenvalue weighted by molar-refractivity contribution is -0.137. The Labute approximate surface area is 244 Å². The van der Waals surface area contributed by atoms with Gasteiger partial charge in [0.2, 0.25) is 10.0 Å². The van der Waals surface area contributed by atoms with E-state index >= 15 is 0 Å². The molecular formula is C30H34F3N3O5S. The van der Waals surface area contributed by atoms with Crippen molar-refractivity contribution in [3.63, 3.8) is 0 Å². The average molecular weight is 606 g/mol. The first-order valence-electron chi connectivity index (χ1n) is 13.6. The van der Waals surface area contributed by atoms with Crippen LogP contribution in [0.1, 0.15) is 31.0 Å². The quantitative estimate of drug-likeness (QED) is 0.309. The molecule has 12 heteroatoms. The third-order valence-corrected chi connectivity index (χ3v) is 8.20. The van der Waals surface area contributed by atoms with Gasteiger partial charge in [-0.1, -0.05) is 44.2 Å². The smallest absolute Gasteiger partial charge is 0.416 e. The number of ether oxygens (including phenoxy) is 2. The Bertz CT molecular complexity index is 1410. The molecule has 0 bridgehead atoms. The van der Waals surface area contributed by atoms with Crippen molar-refractivity contribution in [1.82, 2.24) is 14.5 Å². The fourth-order valence-electron chi connectivity index (χ4n) is 4.48. The van der Waals surface area contributed by atoms with Gasteiger partial charge in [-0.2, -0.15) is 13.2 Å². The Balaban J connectivity index is 1.46. The number of benzene rings is 3. The summed E-state index contributed by atoms with van der Waals surface area (Å²) in [6, 6.07) is 19.1. The molecule has 226 valence electrons. The summed E-state index contributed by atoms with van der Waals surface area (Å²) < 4.78 is 79.6. The molecular weight excluding hydrogens is 571 g/mol. The molecule has 0 aromatic heterocycles. The number of hydrogen-bond donors (Lipinski definition) is 1. The molecule has 1 unspecified atom stereocenters. The van der Waals surface area contributed by atoms with Gasteiger partial charge in [0.1, 0.15) is 11.5 Å². The highest BCUT2D eigenvalue weighted by Crippen LogP contribution is 2.31. The first-order valence-corrected chi connectivity index (χ1v) is 15.1. The van der Waals surface area contributed by atoms with Gasteiger partial charge in [0.05, 0.1) is 17.1 Å². The first-order chi connectivity index (χ1) is 19.9. The Hall–Kier alpha value is -3.61. The lowest BCUT2D eigenvalue weighted by atomic mass is 10.0. The maximum Gasteiger partial charge on any atom is 0.416 e. The molecule has 3 aromatic rings. The predicted molar refractivity (Wildman–Crippen MR) is 152 cm³/mol. The molecule has 1 fully saturated rings. The number of halogens is 3. The van der Waals surface area contributed by atoms with Gasteiger partial charge in [-0.25, -0.2) is 17.9 Å². The van der Waals surface area contributed by atoms with Crippen LogP contribution in [-0.4, -0.2) is 63.6 Å². The van der Waals surface area contributed by atoms with Crippen molar-refractivity contribution < 1.29 is 35.9 Å². The third kappa shape index (κ3) is 8.46. The third-order valence-electron chi connectivity index (χ3n) is 6.76. The number of alkyl halides is 3. The molecule has 1 saturated heterocycles. The predicted octanol–water partition coefficient (Wildman–Crippen LogP) is 5.93. The van der Waals surface area contributed by atoms with Crippen LogP contribution in [-0.2, 0) is 20.9 Å². The fraction of sp³-hybridized carbons (Fsp3) is 0.367. The van der Waals surface area contributed by atoms with Gasteiger partial charge in [0.25, 0.3) is 0 Å². The van der Waals surface area contributed by atoms with Crippen LogP contribution < -0.4 is 9.46 Å². The second-order valence-corrected chi connectivity index (χ2v) is 12.1. The number of nitrogens with one attached hydrogen (secondary N) is 1. The number of amides is 1. The summed E-state index contributed by atoms with van der Waals surface area (Å²) in [6.07, 6.45) is -4.91. The zero-order chi connectivity index (χ0) is 30.3. The Kier molecular flexibility index (Phi) is 10.1. The number of para-hydroxylation sites is 1. The fourth-order valence-corrected chi connectivity index (χ4v) is 5.52. The van der Waals surface area contributed by atoms with Crippen LogP contribution in [0, 0.1) is 5.92 Å². The zero-order valence-corrected chi connectivity index (χ0v) is 24.2. The van der Waals surface area contributed by atoms with Crippen molar-refractivity contribution in [1.29, 1.82) is 0 Å². The van der Waals surface area contributed by atoms with Gasteiger partial charge in [0, 0.05) is 38.8 Å². The highest BCUT2D eigenvalue weighted by Gasteiger charge is 2.32. The van der Waals surface area contributed by atoms with Crippen LogP contribution in [0.3, 0.4) is 0 Å². The zero-order valence-electron chi connectivity index (χ0n) is 23.4. The molecule has 4 rings (SSSR count). The molecule has 1 N–H and O–H groups in total. The second-order valence-electron chi connectivity index (χ2n) is 10.4. The summed E-state index contributed by atoms with van der Waals surface area (Å²) in [6.45, 7) is 5.53. The molecule has 0 aliphatic carbocycles. The topological polar surface area (TPSA) is 88.2 Å². The normalized spacial score (nSPS) is 15.4. The van der Waals surface area contributed by atoms with E-state index in [1.165, 1.54) is 24.3 Å². The van der Waals surface area contributed by atoms with E-state index in [2.05, 4.69) is 4.72 Å². The van der Waals surface area contributed by atoms with E-state index in [0.29, 0.717) is 49.8 Å². The van der Waals surface area contributed by atoms with E-state index in [4.69, 9.17) is 9.47 Å². The van der Waals surface area contributed by atoms with Gasteiger partial charge >= 0.3 is 12.3 Å². The summed E-state index contributed by atoms with van der Waals surface area (Å²) in [5.41, 5.74) is -0.269. The minimum atomic E-state index is -4.49. The standard InChI is InChI=1S/C30H34F3N3O5S/c1-22(2)21-40-29(37)36-18-16-35(17-19-36)28(23-8-10-24(11-9-23)30(31,32)33)20-34-42(38,39)27-14-12-26(13-15-27)41-25-6-4-3-5-7-25/h3-15,22,28,34H,16-21H2,1-2H3. The van der Waals surface area contributed by atoms with Gasteiger partial charge in [-0.05, 0) is 60.0 Å². The van der Waals surface area contributed by atoms with E-state index in [0.717, 1.165) is 12.1 Å². The van der Waals surface area contributed by atoms with Crippen molar-refractivity contribution in [3.05, 3.63) is 90.0 Å². The lowest BCUT2D eigenvalue weighted by Gasteiger charge is -2.39. The van der Waals surface area contributed by atoms with Crippen LogP contribution >= 0.6 is 0 Å². The van der Waals surface area contributed by atoms with Crippen molar-refractivity contribution in [2.75, 3.05) is 39.3 Å². The molecule has 1 aliphatic heterocycles. The number of carbonyl (C=O) groups excluding carboxylic acids is 1. The number of sulfonamides is 1. The van der Waals surface area contributed by atoms with E-state index < -0.39 is 33.9 Å². The summed E-state index contributed by atoms with van der Waals surface area (Å²) in [5.74, 6) is 1.27. The Morgan fingerprint density at radius 1 is 0.881 bits per heavy atom. The van der Waals surface area contributed by atoms with Crippen molar-refractivity contribution >= 4 is 16.1 Å². The van der Waals surface area contributed by atoms with Crippen LogP contribution in [0.2, 0.25) is 0 Å². The largest absolute Gasteiger partial charge is 0.457 e. The Morgan fingerprint density at radius 3 is 2.05 bits per heavy atom. The molecule has 1 atom stereocenters. The molecule has 1 heterocycles. The minimum Gasteiger partial charge on any atom is -0.457 e. The average Bonchev–Trinajstić information content (AvgIpc) is 2.97. The SMILES string of the molecule is CC(C)COC(=O)N1CCN(C(CNS(=O)(=O)c2ccc(Oc3ccccc3)cc2)c2ccc(C(F)(F)F)cc2)CC1. The Morgan fingerprint density at radius 2 is 1.48 bits per heavy atom. The summed E-state index contributed by atoms with van der Waals surface area (Å²) in [5, 5.41) is 0. The van der Waals surface area contributed by atoms with Gasteiger partial charge in [-0.15, -0.1) is 0 Å². The molecule has 0 radical (unpaired) electrons. The van der Waals surface area contributed by atoms with Crippen molar-refractivity contribution in [2.24, 2.45) is 5.92 Å².